The highest BCUT2D eigenvalue weighted by Gasteiger charge is 2.20. The molecule has 0 aliphatic carbocycles. The van der Waals surface area contributed by atoms with E-state index >= 15 is 0 Å². The maximum Gasteiger partial charge on any atom is 0.237 e. The Hall–Kier alpha value is 0.220. The predicted molar refractivity (Wildman–Crippen MR) is 101 cm³/mol. The van der Waals surface area contributed by atoms with Crippen LogP contribution < -0.4 is 11.1 Å². The number of piperazine rings is 1. The van der Waals surface area contributed by atoms with Crippen LogP contribution in [0.1, 0.15) is 27.2 Å². The topological polar surface area (TPSA) is 61.6 Å². The molecule has 0 aromatic carbocycles. The number of carbonyl (C=O) groups excluding carboxylic acids is 1. The van der Waals surface area contributed by atoms with Gasteiger partial charge in [-0.05, 0) is 26.3 Å². The molecule has 2 atom stereocenters. The fraction of sp³-hybridized carbons (Fsp3) is 0.929. The molecular weight excluding hydrogens is 347 g/mol. The highest BCUT2D eigenvalue weighted by Crippen LogP contribution is 2.04. The average molecular weight is 380 g/mol. The summed E-state index contributed by atoms with van der Waals surface area (Å²) in [5, 5.41) is 3.02. The van der Waals surface area contributed by atoms with Crippen molar-refractivity contribution in [2.45, 2.75) is 39.3 Å². The van der Waals surface area contributed by atoms with Gasteiger partial charge in [0.25, 0.3) is 0 Å². The van der Waals surface area contributed by atoms with E-state index in [2.05, 4.69) is 42.9 Å². The van der Waals surface area contributed by atoms with Gasteiger partial charge in [-0.15, -0.1) is 37.2 Å². The standard InChI is InChI=1S/C14H30N4O.3ClH/c1-11(2)9-13(15)14(19)16-12(3)10-18-7-5-17(4)6-8-18;;;/h11-13H,5-10,15H2,1-4H3,(H,16,19);3*1H/t12?,13-;;;/m0.../s1. The third kappa shape index (κ3) is 10.9. The first-order chi connectivity index (χ1) is 8.88. The summed E-state index contributed by atoms with van der Waals surface area (Å²) in [6.45, 7) is 11.5. The van der Waals surface area contributed by atoms with Gasteiger partial charge in [0.15, 0.2) is 0 Å². The second-order valence-electron chi connectivity index (χ2n) is 6.25. The molecule has 1 unspecified atom stereocenters. The number of amides is 1. The van der Waals surface area contributed by atoms with Gasteiger partial charge < -0.3 is 16.0 Å². The monoisotopic (exact) mass is 378 g/mol. The van der Waals surface area contributed by atoms with E-state index in [0.29, 0.717) is 5.92 Å². The molecule has 1 heterocycles. The van der Waals surface area contributed by atoms with Crippen molar-refractivity contribution < 1.29 is 4.79 Å². The number of halogens is 3. The maximum atomic E-state index is 11.9. The van der Waals surface area contributed by atoms with Crippen molar-refractivity contribution in [3.05, 3.63) is 0 Å². The Morgan fingerprint density at radius 3 is 2.05 bits per heavy atom. The van der Waals surface area contributed by atoms with Crippen LogP contribution >= 0.6 is 37.2 Å². The Labute approximate surface area is 154 Å². The molecule has 0 saturated carbocycles. The molecule has 0 spiro atoms. The summed E-state index contributed by atoms with van der Waals surface area (Å²) in [4.78, 5) is 16.7. The largest absolute Gasteiger partial charge is 0.351 e. The molecule has 1 aliphatic heterocycles. The minimum atomic E-state index is -0.380. The second kappa shape index (κ2) is 13.6. The number of nitrogens with two attached hydrogens (primary N) is 1. The van der Waals surface area contributed by atoms with E-state index in [9.17, 15) is 4.79 Å². The number of hydrogen-bond donors (Lipinski definition) is 2. The van der Waals surface area contributed by atoms with E-state index in [-0.39, 0.29) is 55.2 Å². The quantitative estimate of drug-likeness (QED) is 0.732. The van der Waals surface area contributed by atoms with E-state index in [1.165, 1.54) is 0 Å². The summed E-state index contributed by atoms with van der Waals surface area (Å²) in [5.41, 5.74) is 5.89. The molecule has 5 nitrogen and oxygen atoms in total. The molecule has 0 radical (unpaired) electrons. The Morgan fingerprint density at radius 1 is 1.09 bits per heavy atom. The highest BCUT2D eigenvalue weighted by atomic mass is 35.5. The van der Waals surface area contributed by atoms with E-state index < -0.39 is 0 Å². The van der Waals surface area contributed by atoms with Crippen molar-refractivity contribution in [1.29, 1.82) is 0 Å². The fourth-order valence-corrected chi connectivity index (χ4v) is 2.43. The molecule has 0 bridgehead atoms. The SMILES string of the molecule is CC(C)C[C@H](N)C(=O)NC(C)CN1CCN(C)CC1.Cl.Cl.Cl. The molecule has 0 aromatic heterocycles. The molecule has 8 heteroatoms. The van der Waals surface area contributed by atoms with Crippen molar-refractivity contribution in [2.75, 3.05) is 39.8 Å². The predicted octanol–water partition coefficient (Wildman–Crippen LogP) is 1.38. The number of nitrogens with one attached hydrogen (secondary N) is 1. The molecule has 1 amide bonds. The Morgan fingerprint density at radius 2 is 1.59 bits per heavy atom. The van der Waals surface area contributed by atoms with Crippen LogP contribution in [0, 0.1) is 5.92 Å². The first-order valence-electron chi connectivity index (χ1n) is 7.35. The van der Waals surface area contributed by atoms with Crippen molar-refractivity contribution in [1.82, 2.24) is 15.1 Å². The zero-order valence-corrected chi connectivity index (χ0v) is 16.5. The summed E-state index contributed by atoms with van der Waals surface area (Å²) in [6, 6.07) is -0.218. The molecule has 22 heavy (non-hydrogen) atoms. The molecule has 1 rings (SSSR count). The smallest absolute Gasteiger partial charge is 0.237 e. The van der Waals surface area contributed by atoms with Gasteiger partial charge in [-0.25, -0.2) is 0 Å². The van der Waals surface area contributed by atoms with Gasteiger partial charge in [-0.1, -0.05) is 13.8 Å². The van der Waals surface area contributed by atoms with E-state index in [1.807, 2.05) is 0 Å². The zero-order valence-electron chi connectivity index (χ0n) is 14.1. The normalized spacial score (nSPS) is 18.5. The lowest BCUT2D eigenvalue weighted by molar-refractivity contribution is -0.123. The minimum Gasteiger partial charge on any atom is -0.351 e. The van der Waals surface area contributed by atoms with Crippen LogP contribution in [0.3, 0.4) is 0 Å². The number of rotatable bonds is 6. The molecule has 1 saturated heterocycles. The van der Waals surface area contributed by atoms with Crippen molar-refractivity contribution in [3.8, 4) is 0 Å². The molecule has 0 aromatic rings. The lowest BCUT2D eigenvalue weighted by Crippen LogP contribution is -2.52. The number of hydrogen-bond acceptors (Lipinski definition) is 4. The van der Waals surface area contributed by atoms with Gasteiger partial charge in [0, 0.05) is 38.8 Å². The van der Waals surface area contributed by atoms with Crippen LogP contribution in [0.4, 0.5) is 0 Å². The van der Waals surface area contributed by atoms with Gasteiger partial charge in [0.2, 0.25) is 5.91 Å². The van der Waals surface area contributed by atoms with Crippen LogP contribution in [0.2, 0.25) is 0 Å². The van der Waals surface area contributed by atoms with Crippen molar-refractivity contribution >= 4 is 43.1 Å². The summed E-state index contributed by atoms with van der Waals surface area (Å²) in [5.74, 6) is 0.434. The minimum absolute atomic E-state index is 0. The summed E-state index contributed by atoms with van der Waals surface area (Å²) < 4.78 is 0. The highest BCUT2D eigenvalue weighted by molar-refractivity contribution is 5.86. The van der Waals surface area contributed by atoms with Crippen LogP contribution in [0.5, 0.6) is 0 Å². The lowest BCUT2D eigenvalue weighted by Gasteiger charge is -2.34. The fourth-order valence-electron chi connectivity index (χ4n) is 2.43. The van der Waals surface area contributed by atoms with Crippen LogP contribution in [0.25, 0.3) is 0 Å². The third-order valence-electron chi connectivity index (χ3n) is 3.58. The van der Waals surface area contributed by atoms with E-state index in [0.717, 1.165) is 39.1 Å². The molecule has 3 N–H and O–H groups in total. The molecular formula is C14H33Cl3N4O. The Balaban J connectivity index is -0.00000120. The van der Waals surface area contributed by atoms with Gasteiger partial charge in [0.1, 0.15) is 0 Å². The zero-order chi connectivity index (χ0) is 14.4. The summed E-state index contributed by atoms with van der Waals surface area (Å²) in [7, 11) is 2.15. The maximum absolute atomic E-state index is 11.9. The summed E-state index contributed by atoms with van der Waals surface area (Å²) >= 11 is 0. The van der Waals surface area contributed by atoms with E-state index in [4.69, 9.17) is 5.73 Å². The number of carbonyl (C=O) groups is 1. The molecule has 1 aliphatic rings. The summed E-state index contributed by atoms with van der Waals surface area (Å²) in [6.07, 6.45) is 0.743. The van der Waals surface area contributed by atoms with Crippen LogP contribution in [0.15, 0.2) is 0 Å². The van der Waals surface area contributed by atoms with Crippen molar-refractivity contribution in [2.24, 2.45) is 11.7 Å². The Kier molecular flexibility index (Phi) is 16.8. The van der Waals surface area contributed by atoms with Gasteiger partial charge >= 0.3 is 0 Å². The van der Waals surface area contributed by atoms with Gasteiger partial charge in [-0.2, -0.15) is 0 Å². The number of likely N-dealkylation sites (N-methyl/N-ethyl adjacent to an activating group) is 1. The average Bonchev–Trinajstić information content (AvgIpc) is 2.31. The second-order valence-corrected chi connectivity index (χ2v) is 6.25. The van der Waals surface area contributed by atoms with Gasteiger partial charge in [-0.3, -0.25) is 9.69 Å². The van der Waals surface area contributed by atoms with Gasteiger partial charge in [0.05, 0.1) is 6.04 Å². The Bertz CT molecular complexity index is 287. The third-order valence-corrected chi connectivity index (χ3v) is 3.58. The number of nitrogens with zero attached hydrogens (tertiary/aromatic N) is 2. The first kappa shape index (κ1) is 27.1. The van der Waals surface area contributed by atoms with Crippen LogP contribution in [-0.2, 0) is 4.79 Å². The van der Waals surface area contributed by atoms with E-state index in [1.54, 1.807) is 0 Å². The van der Waals surface area contributed by atoms with Crippen LogP contribution in [-0.4, -0.2) is 67.6 Å². The lowest BCUT2D eigenvalue weighted by atomic mass is 10.0. The van der Waals surface area contributed by atoms with Crippen molar-refractivity contribution in [3.63, 3.8) is 0 Å². The first-order valence-corrected chi connectivity index (χ1v) is 7.35. The molecule has 136 valence electrons. The molecule has 1 fully saturated rings.